The van der Waals surface area contributed by atoms with Crippen LogP contribution < -0.4 is 0 Å². The lowest BCUT2D eigenvalue weighted by Gasteiger charge is -2.60. The highest BCUT2D eigenvalue weighted by Crippen LogP contribution is 2.81. The van der Waals surface area contributed by atoms with Crippen molar-refractivity contribution in [3.8, 4) is 6.07 Å². The van der Waals surface area contributed by atoms with E-state index >= 15 is 0 Å². The molecule has 0 heterocycles. The van der Waals surface area contributed by atoms with Gasteiger partial charge in [0.05, 0.1) is 11.5 Å². The fraction of sp³-hybridized carbons (Fsp3) is 0.833. The van der Waals surface area contributed by atoms with Crippen molar-refractivity contribution in [2.45, 2.75) is 72.1 Å². The highest BCUT2D eigenvalue weighted by atomic mass is 16.1. The first kappa shape index (κ1) is 17.0. The molecule has 5 rings (SSSR count). The molecule has 0 aromatic heterocycles. The second-order valence-corrected chi connectivity index (χ2v) is 10.3. The molecular formula is C24H33NO. The summed E-state index contributed by atoms with van der Waals surface area (Å²) in [5.41, 5.74) is 1.69. The molecule has 0 unspecified atom stereocenters. The van der Waals surface area contributed by atoms with Crippen molar-refractivity contribution in [1.29, 1.82) is 5.26 Å². The van der Waals surface area contributed by atoms with Crippen LogP contribution in [0, 0.1) is 63.6 Å². The Labute approximate surface area is 158 Å². The van der Waals surface area contributed by atoms with Crippen molar-refractivity contribution in [1.82, 2.24) is 0 Å². The van der Waals surface area contributed by atoms with Gasteiger partial charge in [0, 0.05) is 6.42 Å². The Morgan fingerprint density at radius 3 is 2.73 bits per heavy atom. The third-order valence-corrected chi connectivity index (χ3v) is 9.94. The summed E-state index contributed by atoms with van der Waals surface area (Å²) in [6.07, 6.45) is 11.1. The van der Waals surface area contributed by atoms with Crippen LogP contribution in [-0.4, -0.2) is 5.78 Å². The predicted octanol–water partition coefficient (Wildman–Crippen LogP) is 5.54. The second kappa shape index (κ2) is 5.46. The normalized spacial score (nSPS) is 54.3. The van der Waals surface area contributed by atoms with E-state index in [0.717, 1.165) is 49.4 Å². The molecule has 4 saturated carbocycles. The minimum absolute atomic E-state index is 0.0551. The van der Waals surface area contributed by atoms with E-state index in [1.165, 1.54) is 31.3 Å². The van der Waals surface area contributed by atoms with Crippen LogP contribution in [0.4, 0.5) is 0 Å². The topological polar surface area (TPSA) is 40.9 Å². The van der Waals surface area contributed by atoms with Crippen LogP contribution in [0.15, 0.2) is 11.6 Å². The van der Waals surface area contributed by atoms with Crippen molar-refractivity contribution < 1.29 is 4.79 Å². The number of hydrogen-bond donors (Lipinski definition) is 0. The van der Waals surface area contributed by atoms with Gasteiger partial charge in [-0.1, -0.05) is 26.3 Å². The molecule has 0 radical (unpaired) electrons. The van der Waals surface area contributed by atoms with Crippen LogP contribution in [0.25, 0.3) is 0 Å². The smallest absolute Gasteiger partial charge is 0.155 e. The molecule has 9 atom stereocenters. The zero-order chi connectivity index (χ0) is 18.3. The molecule has 0 spiro atoms. The highest BCUT2D eigenvalue weighted by molar-refractivity contribution is 5.91. The summed E-state index contributed by atoms with van der Waals surface area (Å²) < 4.78 is 0. The maximum Gasteiger partial charge on any atom is 0.155 e. The van der Waals surface area contributed by atoms with Gasteiger partial charge in [-0.05, 0) is 97.9 Å². The van der Waals surface area contributed by atoms with Gasteiger partial charge in [-0.3, -0.25) is 4.79 Å². The van der Waals surface area contributed by atoms with Gasteiger partial charge in [-0.2, -0.15) is 5.26 Å². The Kier molecular flexibility index (Phi) is 3.58. The Bertz CT molecular complexity index is 716. The summed E-state index contributed by atoms with van der Waals surface area (Å²) in [6.45, 7) is 7.11. The minimum Gasteiger partial charge on any atom is -0.295 e. The third kappa shape index (κ3) is 1.81. The van der Waals surface area contributed by atoms with Crippen molar-refractivity contribution in [2.75, 3.05) is 0 Å². The third-order valence-electron chi connectivity index (χ3n) is 9.94. The number of rotatable bonds is 2. The predicted molar refractivity (Wildman–Crippen MR) is 102 cm³/mol. The van der Waals surface area contributed by atoms with Crippen LogP contribution in [0.5, 0.6) is 0 Å². The first-order valence-electron chi connectivity index (χ1n) is 11.2. The molecule has 0 amide bonds. The van der Waals surface area contributed by atoms with Gasteiger partial charge >= 0.3 is 0 Å². The van der Waals surface area contributed by atoms with Gasteiger partial charge in [0.2, 0.25) is 0 Å². The zero-order valence-electron chi connectivity index (χ0n) is 16.6. The quantitative estimate of drug-likeness (QED) is 0.655. The first-order valence-corrected chi connectivity index (χ1v) is 11.2. The van der Waals surface area contributed by atoms with E-state index < -0.39 is 0 Å². The number of nitriles is 1. The van der Waals surface area contributed by atoms with Crippen LogP contribution in [0.3, 0.4) is 0 Å². The Hall–Kier alpha value is -1.10. The van der Waals surface area contributed by atoms with E-state index in [4.69, 9.17) is 0 Å². The lowest BCUT2D eigenvalue weighted by molar-refractivity contribution is -0.117. The standard InChI is InChI=1S/C24H33NO/c1-4-23-9-8-18-17-7-6-16(26)11-15(17)10-14(3)21(18)22(23)19-12-20(19)24(23,5-2)13-25/h11,14,17-22H,4-10,12H2,1-3H3/t14-,17+,18-,19-,20+,21-,22+,23+,24+/m1/s1. The number of allylic oxidation sites excluding steroid dienone is 1. The molecule has 2 nitrogen and oxygen atoms in total. The van der Waals surface area contributed by atoms with E-state index in [9.17, 15) is 10.1 Å². The number of nitrogens with zero attached hydrogens (tertiary/aromatic N) is 1. The van der Waals surface area contributed by atoms with Crippen molar-refractivity contribution >= 4 is 5.78 Å². The van der Waals surface area contributed by atoms with Crippen LogP contribution >= 0.6 is 0 Å². The molecule has 26 heavy (non-hydrogen) atoms. The lowest BCUT2D eigenvalue weighted by atomic mass is 9.44. The molecule has 2 heteroatoms. The van der Waals surface area contributed by atoms with Gasteiger partial charge in [0.25, 0.3) is 0 Å². The van der Waals surface area contributed by atoms with E-state index in [1.54, 1.807) is 0 Å². The molecule has 0 N–H and O–H groups in total. The SMILES string of the molecule is CC[C@]12CC[C@H]3[C@H]([C@@H]1[C@@H]1C[C@@H]1[C@@]2(C#N)CC)[C@H](C)CC1=CC(=O)CC[C@@H]13. The molecule has 5 aliphatic carbocycles. The maximum atomic E-state index is 12.0. The largest absolute Gasteiger partial charge is 0.295 e. The van der Waals surface area contributed by atoms with Gasteiger partial charge in [0.1, 0.15) is 0 Å². The molecular weight excluding hydrogens is 318 g/mol. The number of carbonyl (C=O) groups excluding carboxylic acids is 1. The Morgan fingerprint density at radius 1 is 1.23 bits per heavy atom. The lowest BCUT2D eigenvalue weighted by Crippen LogP contribution is -2.54. The monoisotopic (exact) mass is 351 g/mol. The van der Waals surface area contributed by atoms with Gasteiger partial charge in [0.15, 0.2) is 5.78 Å². The number of hydrogen-bond acceptors (Lipinski definition) is 2. The molecule has 0 aromatic carbocycles. The van der Waals surface area contributed by atoms with Crippen molar-refractivity contribution in [3.63, 3.8) is 0 Å². The minimum atomic E-state index is -0.0551. The summed E-state index contributed by atoms with van der Waals surface area (Å²) in [7, 11) is 0. The number of ketones is 1. The molecule has 5 aliphatic rings. The average Bonchev–Trinajstić information content (AvgIpc) is 3.39. The fourth-order valence-corrected chi connectivity index (χ4v) is 9.12. The molecule has 4 fully saturated rings. The molecule has 0 saturated heterocycles. The maximum absolute atomic E-state index is 12.0. The summed E-state index contributed by atoms with van der Waals surface area (Å²) in [5, 5.41) is 10.3. The van der Waals surface area contributed by atoms with Gasteiger partial charge < -0.3 is 0 Å². The van der Waals surface area contributed by atoms with Crippen molar-refractivity contribution in [2.24, 2.45) is 52.3 Å². The molecule has 0 bridgehead atoms. The van der Waals surface area contributed by atoms with E-state index in [0.29, 0.717) is 23.5 Å². The summed E-state index contributed by atoms with van der Waals surface area (Å²) >= 11 is 0. The van der Waals surface area contributed by atoms with E-state index in [-0.39, 0.29) is 10.8 Å². The summed E-state index contributed by atoms with van der Waals surface area (Å²) in [5.74, 6) is 5.53. The first-order chi connectivity index (χ1) is 12.5. The Balaban J connectivity index is 1.58. The van der Waals surface area contributed by atoms with Crippen LogP contribution in [0.2, 0.25) is 0 Å². The number of carbonyl (C=O) groups is 1. The van der Waals surface area contributed by atoms with Crippen LogP contribution in [0.1, 0.15) is 72.1 Å². The molecule has 0 aliphatic heterocycles. The van der Waals surface area contributed by atoms with E-state index in [2.05, 4.69) is 26.8 Å². The van der Waals surface area contributed by atoms with Gasteiger partial charge in [-0.25, -0.2) is 0 Å². The summed E-state index contributed by atoms with van der Waals surface area (Å²) in [6, 6.07) is 2.93. The highest BCUT2D eigenvalue weighted by Gasteiger charge is 2.76. The van der Waals surface area contributed by atoms with Gasteiger partial charge in [-0.15, -0.1) is 0 Å². The molecule has 0 aromatic rings. The molecule has 140 valence electrons. The van der Waals surface area contributed by atoms with E-state index in [1.807, 2.05) is 6.08 Å². The fourth-order valence-electron chi connectivity index (χ4n) is 9.12. The van der Waals surface area contributed by atoms with Crippen molar-refractivity contribution in [3.05, 3.63) is 11.6 Å². The Morgan fingerprint density at radius 2 is 2.04 bits per heavy atom. The second-order valence-electron chi connectivity index (χ2n) is 10.3. The summed E-state index contributed by atoms with van der Waals surface area (Å²) in [4.78, 5) is 12.0. The number of fused-ring (bicyclic) bond motifs is 7. The average molecular weight is 352 g/mol. The zero-order valence-corrected chi connectivity index (χ0v) is 16.6. The van der Waals surface area contributed by atoms with Crippen LogP contribution in [-0.2, 0) is 4.79 Å².